The van der Waals surface area contributed by atoms with E-state index in [2.05, 4.69) is 36.2 Å². The second kappa shape index (κ2) is 10.1. The third kappa shape index (κ3) is 6.27. The lowest BCUT2D eigenvalue weighted by Crippen LogP contribution is -2.44. The Morgan fingerprint density at radius 1 is 1.04 bits per heavy atom. The molecule has 0 radical (unpaired) electrons. The number of amides is 1. The Labute approximate surface area is 167 Å². The topological polar surface area (TPSA) is 50.8 Å². The summed E-state index contributed by atoms with van der Waals surface area (Å²) < 4.78 is 11.7. The van der Waals surface area contributed by atoms with E-state index in [9.17, 15) is 4.79 Å². The molecule has 0 unspecified atom stereocenters. The molecule has 1 amide bonds. The largest absolute Gasteiger partial charge is 0.492 e. The molecule has 0 spiro atoms. The lowest BCUT2D eigenvalue weighted by molar-refractivity contribution is -0.122. The Kier molecular flexibility index (Phi) is 7.31. The van der Waals surface area contributed by atoms with Crippen LogP contribution in [0.25, 0.3) is 0 Å². The van der Waals surface area contributed by atoms with Crippen molar-refractivity contribution in [1.29, 1.82) is 0 Å². The highest BCUT2D eigenvalue weighted by atomic mass is 16.5. The van der Waals surface area contributed by atoms with Gasteiger partial charge in [0.05, 0.1) is 13.1 Å². The number of carbonyl (C=O) groups is 1. The van der Waals surface area contributed by atoms with Crippen LogP contribution >= 0.6 is 0 Å². The minimum absolute atomic E-state index is 0.0465. The molecular formula is C23H30N2O3. The second-order valence-electron chi connectivity index (χ2n) is 7.35. The highest BCUT2D eigenvalue weighted by Gasteiger charge is 2.22. The normalized spacial score (nSPS) is 15.2. The molecule has 5 nitrogen and oxygen atoms in total. The van der Waals surface area contributed by atoms with E-state index in [1.807, 2.05) is 36.4 Å². The van der Waals surface area contributed by atoms with Gasteiger partial charge in [-0.05, 0) is 62.1 Å². The van der Waals surface area contributed by atoms with Gasteiger partial charge in [-0.25, -0.2) is 0 Å². The molecule has 150 valence electrons. The molecule has 0 aromatic heterocycles. The van der Waals surface area contributed by atoms with Crippen LogP contribution < -0.4 is 14.8 Å². The van der Waals surface area contributed by atoms with Gasteiger partial charge >= 0.3 is 0 Å². The van der Waals surface area contributed by atoms with E-state index < -0.39 is 0 Å². The van der Waals surface area contributed by atoms with E-state index in [0.29, 0.717) is 19.7 Å². The molecule has 3 rings (SSSR count). The van der Waals surface area contributed by atoms with Crippen molar-refractivity contribution in [2.75, 3.05) is 32.8 Å². The van der Waals surface area contributed by atoms with Gasteiger partial charge in [-0.1, -0.05) is 24.3 Å². The zero-order valence-corrected chi connectivity index (χ0v) is 16.8. The van der Waals surface area contributed by atoms with Crippen LogP contribution in [0.4, 0.5) is 0 Å². The number of carbonyl (C=O) groups excluding carboxylic acids is 1. The Morgan fingerprint density at radius 2 is 1.79 bits per heavy atom. The molecule has 1 aliphatic heterocycles. The number of nitrogens with one attached hydrogen (secondary N) is 1. The van der Waals surface area contributed by atoms with Gasteiger partial charge in [0.2, 0.25) is 5.91 Å². The third-order valence-electron chi connectivity index (χ3n) is 5.12. The van der Waals surface area contributed by atoms with Crippen molar-refractivity contribution in [1.82, 2.24) is 10.2 Å². The Bertz CT molecular complexity index is 756. The van der Waals surface area contributed by atoms with E-state index >= 15 is 0 Å². The van der Waals surface area contributed by atoms with Crippen LogP contribution in [0.1, 0.15) is 24.0 Å². The Hall–Kier alpha value is -2.53. The van der Waals surface area contributed by atoms with E-state index in [-0.39, 0.29) is 12.0 Å². The number of nitrogens with zero attached hydrogens (tertiary/aromatic N) is 1. The summed E-state index contributed by atoms with van der Waals surface area (Å²) in [5.74, 6) is 1.81. The van der Waals surface area contributed by atoms with Crippen molar-refractivity contribution >= 4 is 5.91 Å². The number of ether oxygens (including phenoxy) is 2. The molecule has 0 atom stereocenters. The van der Waals surface area contributed by atoms with Crippen molar-refractivity contribution in [3.8, 4) is 11.5 Å². The van der Waals surface area contributed by atoms with Crippen molar-refractivity contribution < 1.29 is 14.3 Å². The fourth-order valence-electron chi connectivity index (χ4n) is 3.30. The standard InChI is InChI=1S/C23H30N2O3/c1-18-8-9-22(16-19(18)2)28-21-10-13-25(14-11-21)17-23(26)24-12-15-27-20-6-4-3-5-7-20/h3-9,16,21H,10-15,17H2,1-2H3,(H,24,26). The first-order valence-electron chi connectivity index (χ1n) is 10.0. The van der Waals surface area contributed by atoms with Crippen LogP contribution in [0, 0.1) is 13.8 Å². The fraction of sp³-hybridized carbons (Fsp3) is 0.435. The summed E-state index contributed by atoms with van der Waals surface area (Å²) in [7, 11) is 0. The SMILES string of the molecule is Cc1ccc(OC2CCN(CC(=O)NCCOc3ccccc3)CC2)cc1C. The monoisotopic (exact) mass is 382 g/mol. The molecule has 1 N–H and O–H groups in total. The maximum absolute atomic E-state index is 12.1. The van der Waals surface area contributed by atoms with Crippen LogP contribution in [0.2, 0.25) is 0 Å². The fourth-order valence-corrected chi connectivity index (χ4v) is 3.30. The smallest absolute Gasteiger partial charge is 0.234 e. The van der Waals surface area contributed by atoms with E-state index in [1.54, 1.807) is 0 Å². The van der Waals surface area contributed by atoms with Crippen molar-refractivity contribution in [3.05, 3.63) is 59.7 Å². The number of hydrogen-bond donors (Lipinski definition) is 1. The number of piperidine rings is 1. The molecule has 2 aromatic carbocycles. The molecule has 28 heavy (non-hydrogen) atoms. The number of aryl methyl sites for hydroxylation is 2. The first-order chi connectivity index (χ1) is 13.6. The molecule has 5 heteroatoms. The molecule has 0 saturated carbocycles. The van der Waals surface area contributed by atoms with Crippen molar-refractivity contribution in [2.24, 2.45) is 0 Å². The number of likely N-dealkylation sites (tertiary alicyclic amines) is 1. The summed E-state index contributed by atoms with van der Waals surface area (Å²) in [6.07, 6.45) is 2.11. The summed E-state index contributed by atoms with van der Waals surface area (Å²) in [4.78, 5) is 14.3. The summed E-state index contributed by atoms with van der Waals surface area (Å²) >= 11 is 0. The maximum atomic E-state index is 12.1. The zero-order valence-electron chi connectivity index (χ0n) is 16.8. The van der Waals surface area contributed by atoms with Gasteiger partial charge in [0.1, 0.15) is 24.2 Å². The molecule has 1 fully saturated rings. The average molecular weight is 383 g/mol. The predicted octanol–water partition coefficient (Wildman–Crippen LogP) is 3.34. The predicted molar refractivity (Wildman–Crippen MR) is 111 cm³/mol. The van der Waals surface area contributed by atoms with Gasteiger partial charge in [-0.2, -0.15) is 0 Å². The number of para-hydroxylation sites is 1. The summed E-state index contributed by atoms with van der Waals surface area (Å²) in [6.45, 7) is 7.39. The Morgan fingerprint density at radius 3 is 2.50 bits per heavy atom. The first kappa shape index (κ1) is 20.2. The summed E-state index contributed by atoms with van der Waals surface area (Å²) in [6, 6.07) is 15.9. The van der Waals surface area contributed by atoms with Crippen molar-refractivity contribution in [2.45, 2.75) is 32.8 Å². The van der Waals surface area contributed by atoms with Crippen LogP contribution in [-0.2, 0) is 4.79 Å². The van der Waals surface area contributed by atoms with Gasteiger partial charge in [0.25, 0.3) is 0 Å². The average Bonchev–Trinajstić information content (AvgIpc) is 2.70. The van der Waals surface area contributed by atoms with Gasteiger partial charge in [0, 0.05) is 13.1 Å². The van der Waals surface area contributed by atoms with Crippen LogP contribution in [0.15, 0.2) is 48.5 Å². The van der Waals surface area contributed by atoms with Crippen molar-refractivity contribution in [3.63, 3.8) is 0 Å². The molecule has 1 aliphatic rings. The van der Waals surface area contributed by atoms with E-state index in [1.165, 1.54) is 11.1 Å². The number of benzene rings is 2. The minimum Gasteiger partial charge on any atom is -0.492 e. The highest BCUT2D eigenvalue weighted by Crippen LogP contribution is 2.21. The van der Waals surface area contributed by atoms with Crippen LogP contribution in [-0.4, -0.2) is 49.7 Å². The first-order valence-corrected chi connectivity index (χ1v) is 10.0. The van der Waals surface area contributed by atoms with Gasteiger partial charge in [-0.3, -0.25) is 9.69 Å². The molecular weight excluding hydrogens is 352 g/mol. The van der Waals surface area contributed by atoms with Gasteiger partial charge in [0.15, 0.2) is 0 Å². The number of rotatable bonds is 8. The van der Waals surface area contributed by atoms with Gasteiger partial charge < -0.3 is 14.8 Å². The van der Waals surface area contributed by atoms with Crippen LogP contribution in [0.3, 0.4) is 0 Å². The molecule has 1 heterocycles. The molecule has 2 aromatic rings. The lowest BCUT2D eigenvalue weighted by atomic mass is 10.1. The lowest BCUT2D eigenvalue weighted by Gasteiger charge is -2.31. The third-order valence-corrected chi connectivity index (χ3v) is 5.12. The highest BCUT2D eigenvalue weighted by molar-refractivity contribution is 5.78. The van der Waals surface area contributed by atoms with E-state index in [4.69, 9.17) is 9.47 Å². The molecule has 0 aliphatic carbocycles. The zero-order chi connectivity index (χ0) is 19.8. The van der Waals surface area contributed by atoms with Crippen LogP contribution in [0.5, 0.6) is 11.5 Å². The number of hydrogen-bond acceptors (Lipinski definition) is 4. The quantitative estimate of drug-likeness (QED) is 0.712. The maximum Gasteiger partial charge on any atom is 0.234 e. The Balaban J connectivity index is 1.31. The van der Waals surface area contributed by atoms with E-state index in [0.717, 1.165) is 37.4 Å². The summed E-state index contributed by atoms with van der Waals surface area (Å²) in [5, 5.41) is 2.93. The molecule has 1 saturated heterocycles. The second-order valence-corrected chi connectivity index (χ2v) is 7.35. The van der Waals surface area contributed by atoms with Gasteiger partial charge in [-0.15, -0.1) is 0 Å². The summed E-state index contributed by atoms with van der Waals surface area (Å²) in [5.41, 5.74) is 2.53. The minimum atomic E-state index is 0.0465. The molecule has 0 bridgehead atoms.